The maximum atomic E-state index is 12.6. The highest BCUT2D eigenvalue weighted by molar-refractivity contribution is 7.99. The molecule has 0 heterocycles. The molecule has 3 aromatic rings. The first-order valence-corrected chi connectivity index (χ1v) is 12.4. The van der Waals surface area contributed by atoms with Crippen molar-refractivity contribution in [2.45, 2.75) is 12.8 Å². The van der Waals surface area contributed by atoms with E-state index in [9.17, 15) is 14.4 Å². The summed E-state index contributed by atoms with van der Waals surface area (Å²) >= 11 is 1.23. The van der Waals surface area contributed by atoms with E-state index in [4.69, 9.17) is 9.84 Å². The second kappa shape index (κ2) is 11.1. The largest absolute Gasteiger partial charge is 0.481 e. The van der Waals surface area contributed by atoms with Crippen molar-refractivity contribution in [3.8, 4) is 11.1 Å². The molecule has 0 radical (unpaired) electrons. The van der Waals surface area contributed by atoms with Gasteiger partial charge >= 0.3 is 12.1 Å². The average molecular weight is 491 g/mol. The molecule has 2 amide bonds. The van der Waals surface area contributed by atoms with Gasteiger partial charge in [0.2, 0.25) is 0 Å². The molecule has 3 N–H and O–H groups in total. The summed E-state index contributed by atoms with van der Waals surface area (Å²) in [6.07, 6.45) is -0.586. The van der Waals surface area contributed by atoms with Crippen molar-refractivity contribution in [3.05, 3.63) is 89.0 Å². The highest BCUT2D eigenvalue weighted by Gasteiger charge is 2.29. The maximum Gasteiger partial charge on any atom is 0.411 e. The van der Waals surface area contributed by atoms with Crippen LogP contribution < -0.4 is 10.6 Å². The fraction of sp³-hybridized carbons (Fsp3) is 0.222. The number of carboxylic acid groups (broad SMARTS) is 1. The van der Waals surface area contributed by atoms with Crippen LogP contribution in [-0.2, 0) is 9.53 Å². The van der Waals surface area contributed by atoms with E-state index in [1.54, 1.807) is 18.2 Å². The zero-order valence-electron chi connectivity index (χ0n) is 19.2. The van der Waals surface area contributed by atoms with Gasteiger partial charge in [-0.3, -0.25) is 14.9 Å². The molecule has 3 aromatic carbocycles. The first-order valence-electron chi connectivity index (χ1n) is 11.2. The molecule has 0 saturated carbocycles. The van der Waals surface area contributed by atoms with Crippen molar-refractivity contribution in [2.75, 3.05) is 30.0 Å². The van der Waals surface area contributed by atoms with Crippen LogP contribution in [0.2, 0.25) is 0 Å². The molecule has 8 heteroatoms. The van der Waals surface area contributed by atoms with Gasteiger partial charge in [0.15, 0.2) is 0 Å². The van der Waals surface area contributed by atoms with Gasteiger partial charge in [-0.15, -0.1) is 11.8 Å². The Labute approximate surface area is 207 Å². The topological polar surface area (TPSA) is 105 Å². The lowest BCUT2D eigenvalue weighted by atomic mass is 9.98. The van der Waals surface area contributed by atoms with Crippen LogP contribution in [0.15, 0.2) is 66.7 Å². The number of thioether (sulfide) groups is 1. The van der Waals surface area contributed by atoms with Crippen molar-refractivity contribution in [3.63, 3.8) is 0 Å². The number of anilines is 1. The third-order valence-electron chi connectivity index (χ3n) is 5.84. The monoisotopic (exact) mass is 490 g/mol. The standard InChI is InChI=1S/C27H26N2O5S/c1-17-10-11-18(26(32)28-12-13-35-16-25(30)31)14-24(17)29-27(33)34-15-23-21-8-4-2-6-19(21)20-7-3-5-9-22(20)23/h2-11,14,23H,12-13,15-16H2,1H3,(H,28,32)(H,29,33)(H,30,31). The Hall–Kier alpha value is -3.78. The van der Waals surface area contributed by atoms with Crippen molar-refractivity contribution in [1.29, 1.82) is 0 Å². The Morgan fingerprint density at radius 1 is 0.971 bits per heavy atom. The molecule has 0 fully saturated rings. The summed E-state index contributed by atoms with van der Waals surface area (Å²) in [5.74, 6) is -0.728. The highest BCUT2D eigenvalue weighted by Crippen LogP contribution is 2.44. The molecule has 0 aromatic heterocycles. The number of carbonyl (C=O) groups excluding carboxylic acids is 2. The Kier molecular flexibility index (Phi) is 7.72. The van der Waals surface area contributed by atoms with E-state index in [1.165, 1.54) is 11.8 Å². The molecule has 7 nitrogen and oxygen atoms in total. The number of aryl methyl sites for hydroxylation is 1. The van der Waals surface area contributed by atoms with Crippen LogP contribution in [0.3, 0.4) is 0 Å². The Morgan fingerprint density at radius 2 is 1.63 bits per heavy atom. The predicted molar refractivity (Wildman–Crippen MR) is 137 cm³/mol. The Morgan fingerprint density at radius 3 is 2.29 bits per heavy atom. The summed E-state index contributed by atoms with van der Waals surface area (Å²) in [5.41, 5.74) is 6.28. The molecular weight excluding hydrogens is 464 g/mol. The van der Waals surface area contributed by atoms with E-state index in [0.29, 0.717) is 23.5 Å². The van der Waals surface area contributed by atoms with Gasteiger partial charge in [-0.05, 0) is 46.9 Å². The number of ether oxygens (including phenoxy) is 1. The molecule has 0 unspecified atom stereocenters. The third kappa shape index (κ3) is 5.84. The minimum Gasteiger partial charge on any atom is -0.481 e. The van der Waals surface area contributed by atoms with Crippen LogP contribution in [0.4, 0.5) is 10.5 Å². The highest BCUT2D eigenvalue weighted by atomic mass is 32.2. The van der Waals surface area contributed by atoms with Crippen LogP contribution in [0, 0.1) is 6.92 Å². The summed E-state index contributed by atoms with van der Waals surface area (Å²) in [6.45, 7) is 2.39. The molecule has 0 bridgehead atoms. The van der Waals surface area contributed by atoms with E-state index in [-0.39, 0.29) is 24.2 Å². The zero-order chi connectivity index (χ0) is 24.8. The number of hydrogen-bond donors (Lipinski definition) is 3. The van der Waals surface area contributed by atoms with Crippen LogP contribution >= 0.6 is 11.8 Å². The molecule has 0 spiro atoms. The lowest BCUT2D eigenvalue weighted by molar-refractivity contribution is -0.133. The fourth-order valence-corrected chi connectivity index (χ4v) is 4.71. The van der Waals surface area contributed by atoms with E-state index in [2.05, 4.69) is 34.9 Å². The average Bonchev–Trinajstić information content (AvgIpc) is 3.17. The van der Waals surface area contributed by atoms with Crippen LogP contribution in [0.25, 0.3) is 11.1 Å². The van der Waals surface area contributed by atoms with Gasteiger partial charge in [0.05, 0.1) is 5.75 Å². The smallest absolute Gasteiger partial charge is 0.411 e. The molecule has 0 aliphatic heterocycles. The molecule has 35 heavy (non-hydrogen) atoms. The summed E-state index contributed by atoms with van der Waals surface area (Å²) in [4.78, 5) is 35.6. The van der Waals surface area contributed by atoms with Gasteiger partial charge in [0.25, 0.3) is 5.91 Å². The first-order chi connectivity index (χ1) is 16.9. The zero-order valence-corrected chi connectivity index (χ0v) is 20.1. The van der Waals surface area contributed by atoms with Gasteiger partial charge in [-0.25, -0.2) is 4.79 Å². The number of hydrogen-bond acceptors (Lipinski definition) is 5. The SMILES string of the molecule is Cc1ccc(C(=O)NCCSCC(=O)O)cc1NC(=O)OCC1c2ccccc2-c2ccccc21. The van der Waals surface area contributed by atoms with Gasteiger partial charge in [-0.2, -0.15) is 0 Å². The van der Waals surface area contributed by atoms with Gasteiger partial charge in [0, 0.05) is 29.5 Å². The van der Waals surface area contributed by atoms with E-state index < -0.39 is 12.1 Å². The quantitative estimate of drug-likeness (QED) is 0.369. The number of carbonyl (C=O) groups is 3. The normalized spacial score (nSPS) is 11.9. The number of nitrogens with one attached hydrogen (secondary N) is 2. The van der Waals surface area contributed by atoms with Crippen LogP contribution in [0.1, 0.15) is 33.0 Å². The number of amides is 2. The van der Waals surface area contributed by atoms with Gasteiger partial charge in [-0.1, -0.05) is 54.6 Å². The Balaban J connectivity index is 1.36. The van der Waals surface area contributed by atoms with Gasteiger partial charge < -0.3 is 15.2 Å². The molecule has 1 aliphatic carbocycles. The molecule has 0 atom stereocenters. The number of benzene rings is 3. The second-order valence-electron chi connectivity index (χ2n) is 8.18. The van der Waals surface area contributed by atoms with Crippen LogP contribution in [0.5, 0.6) is 0 Å². The van der Waals surface area contributed by atoms with Crippen molar-refractivity contribution in [1.82, 2.24) is 5.32 Å². The summed E-state index contributed by atoms with van der Waals surface area (Å²) in [7, 11) is 0. The number of carboxylic acids is 1. The number of rotatable bonds is 9. The minimum atomic E-state index is -0.885. The molecule has 4 rings (SSSR count). The van der Waals surface area contributed by atoms with Crippen molar-refractivity contribution in [2.24, 2.45) is 0 Å². The fourth-order valence-electron chi connectivity index (χ4n) is 4.14. The summed E-state index contributed by atoms with van der Waals surface area (Å²) in [6, 6.07) is 21.3. The maximum absolute atomic E-state index is 12.6. The summed E-state index contributed by atoms with van der Waals surface area (Å²) in [5, 5.41) is 14.2. The summed E-state index contributed by atoms with van der Waals surface area (Å²) < 4.78 is 5.61. The van der Waals surface area contributed by atoms with Crippen molar-refractivity contribution < 1.29 is 24.2 Å². The van der Waals surface area contributed by atoms with E-state index in [0.717, 1.165) is 27.8 Å². The van der Waals surface area contributed by atoms with Crippen molar-refractivity contribution >= 4 is 35.4 Å². The minimum absolute atomic E-state index is 0.00535. The third-order valence-corrected chi connectivity index (χ3v) is 6.78. The van der Waals surface area contributed by atoms with Gasteiger partial charge in [0.1, 0.15) is 6.61 Å². The Bertz CT molecular complexity index is 1210. The predicted octanol–water partition coefficient (Wildman–Crippen LogP) is 4.90. The first kappa shape index (κ1) is 24.3. The number of fused-ring (bicyclic) bond motifs is 3. The lowest BCUT2D eigenvalue weighted by Crippen LogP contribution is -2.26. The molecule has 0 saturated heterocycles. The molecule has 1 aliphatic rings. The molecule has 180 valence electrons. The van der Waals surface area contributed by atoms with E-state index in [1.807, 2.05) is 31.2 Å². The molecular formula is C27H26N2O5S. The van der Waals surface area contributed by atoms with Crippen LogP contribution in [-0.4, -0.2) is 47.7 Å². The number of aliphatic carboxylic acids is 1. The van der Waals surface area contributed by atoms with E-state index >= 15 is 0 Å². The lowest BCUT2D eigenvalue weighted by Gasteiger charge is -2.15. The second-order valence-corrected chi connectivity index (χ2v) is 9.29.